The lowest BCUT2D eigenvalue weighted by molar-refractivity contribution is -0.263. The highest BCUT2D eigenvalue weighted by Crippen LogP contribution is 2.48. The van der Waals surface area contributed by atoms with E-state index < -0.39 is 66.1 Å². The van der Waals surface area contributed by atoms with Gasteiger partial charge in [0, 0.05) is 18.4 Å². The first kappa shape index (κ1) is 22.7. The molecule has 0 aromatic carbocycles. The summed E-state index contributed by atoms with van der Waals surface area (Å²) in [6.07, 6.45) is -3.06. The quantitative estimate of drug-likeness (QED) is 0.320. The smallest absolute Gasteiger partial charge is 0.335 e. The number of hydrogen-bond donors (Lipinski definition) is 0. The molecule has 0 amide bonds. The first-order chi connectivity index (χ1) is 15.6. The lowest BCUT2D eigenvalue weighted by Gasteiger charge is -2.32. The summed E-state index contributed by atoms with van der Waals surface area (Å²) in [4.78, 5) is 36.6. The van der Waals surface area contributed by atoms with Crippen molar-refractivity contribution in [3.8, 4) is 0 Å². The average Bonchev–Trinajstić information content (AvgIpc) is 3.54. The molecule has 0 spiro atoms. The molecule has 11 heteroatoms. The second kappa shape index (κ2) is 8.02. The molecule has 5 aliphatic rings. The molecule has 11 nitrogen and oxygen atoms in total. The van der Waals surface area contributed by atoms with Gasteiger partial charge in [-0.1, -0.05) is 6.58 Å². The minimum absolute atomic E-state index is 0.126. The largest absolute Gasteiger partial charge is 0.465 e. The summed E-state index contributed by atoms with van der Waals surface area (Å²) in [7, 11) is 0. The van der Waals surface area contributed by atoms with E-state index in [1.54, 1.807) is 13.8 Å². The first-order valence-corrected chi connectivity index (χ1v) is 11.1. The van der Waals surface area contributed by atoms with E-state index in [2.05, 4.69) is 6.58 Å². The van der Waals surface area contributed by atoms with Gasteiger partial charge in [-0.15, -0.1) is 0 Å². The Labute approximate surface area is 190 Å². The Morgan fingerprint density at radius 2 is 1.55 bits per heavy atom. The molecular formula is C22H28O11. The van der Waals surface area contributed by atoms with E-state index in [0.717, 1.165) is 0 Å². The van der Waals surface area contributed by atoms with Crippen LogP contribution in [-0.2, 0) is 52.3 Å². The molecule has 0 bridgehead atoms. The molecule has 182 valence electrons. The maximum atomic E-state index is 12.2. The van der Waals surface area contributed by atoms with Crippen molar-refractivity contribution in [3.63, 3.8) is 0 Å². The van der Waals surface area contributed by atoms with Gasteiger partial charge in [0.2, 0.25) is 6.29 Å². The van der Waals surface area contributed by atoms with Gasteiger partial charge in [0.1, 0.15) is 30.1 Å². The zero-order valence-electron chi connectivity index (χ0n) is 18.8. The Balaban J connectivity index is 1.37. The van der Waals surface area contributed by atoms with Crippen molar-refractivity contribution < 1.29 is 52.3 Å². The monoisotopic (exact) mass is 468 g/mol. The third-order valence-electron chi connectivity index (χ3n) is 6.94. The molecule has 5 rings (SSSR count). The third kappa shape index (κ3) is 3.75. The lowest BCUT2D eigenvalue weighted by Crippen LogP contribution is -2.45. The summed E-state index contributed by atoms with van der Waals surface area (Å²) in [5.74, 6) is -5.06. The van der Waals surface area contributed by atoms with Crippen LogP contribution in [0.5, 0.6) is 0 Å². The number of rotatable bonds is 5. The molecule has 0 aliphatic carbocycles. The van der Waals surface area contributed by atoms with E-state index in [1.807, 2.05) is 0 Å². The summed E-state index contributed by atoms with van der Waals surface area (Å²) in [5, 5.41) is 0. The molecule has 6 unspecified atom stereocenters. The molecule has 5 aliphatic heterocycles. The van der Waals surface area contributed by atoms with Gasteiger partial charge >= 0.3 is 17.9 Å². The Bertz CT molecular complexity index is 872. The topological polar surface area (TPSA) is 125 Å². The van der Waals surface area contributed by atoms with Crippen LogP contribution in [0.25, 0.3) is 0 Å². The van der Waals surface area contributed by atoms with Crippen LogP contribution in [0, 0.1) is 11.8 Å². The van der Waals surface area contributed by atoms with Crippen molar-refractivity contribution in [3.05, 3.63) is 12.2 Å². The first-order valence-electron chi connectivity index (χ1n) is 11.1. The summed E-state index contributed by atoms with van der Waals surface area (Å²) >= 11 is 0. The summed E-state index contributed by atoms with van der Waals surface area (Å²) in [6, 6.07) is 0. The zero-order valence-corrected chi connectivity index (χ0v) is 18.8. The van der Waals surface area contributed by atoms with Gasteiger partial charge in [-0.25, -0.2) is 4.79 Å². The zero-order chi connectivity index (χ0) is 23.5. The number of fused-ring (bicyclic) bond motifs is 1. The molecular weight excluding hydrogens is 440 g/mol. The van der Waals surface area contributed by atoms with Gasteiger partial charge in [-0.2, -0.15) is 0 Å². The fourth-order valence-corrected chi connectivity index (χ4v) is 5.15. The summed E-state index contributed by atoms with van der Waals surface area (Å²) < 4.78 is 46.1. The predicted molar refractivity (Wildman–Crippen MR) is 105 cm³/mol. The van der Waals surface area contributed by atoms with Gasteiger partial charge in [0.25, 0.3) is 0 Å². The van der Waals surface area contributed by atoms with Crippen molar-refractivity contribution in [1.29, 1.82) is 0 Å². The molecule has 33 heavy (non-hydrogen) atoms. The molecule has 0 saturated carbocycles. The van der Waals surface area contributed by atoms with Crippen LogP contribution in [0.15, 0.2) is 12.2 Å². The lowest BCUT2D eigenvalue weighted by atomic mass is 9.98. The molecule has 5 saturated heterocycles. The molecule has 9 atom stereocenters. The highest BCUT2D eigenvalue weighted by molar-refractivity contribution is 5.87. The van der Waals surface area contributed by atoms with Crippen molar-refractivity contribution in [1.82, 2.24) is 0 Å². The van der Waals surface area contributed by atoms with Crippen LogP contribution in [0.4, 0.5) is 0 Å². The van der Waals surface area contributed by atoms with E-state index in [0.29, 0.717) is 19.4 Å². The van der Waals surface area contributed by atoms with Crippen LogP contribution in [0.2, 0.25) is 0 Å². The second-order valence-corrected chi connectivity index (χ2v) is 9.34. The van der Waals surface area contributed by atoms with E-state index >= 15 is 0 Å². The number of esters is 3. The van der Waals surface area contributed by atoms with Crippen LogP contribution in [0.3, 0.4) is 0 Å². The maximum Gasteiger partial charge on any atom is 0.335 e. The van der Waals surface area contributed by atoms with Crippen molar-refractivity contribution in [2.75, 3.05) is 19.8 Å². The molecule has 5 heterocycles. The number of cyclic esters (lactones) is 2. The molecule has 0 radical (unpaired) electrons. The second-order valence-electron chi connectivity index (χ2n) is 9.34. The van der Waals surface area contributed by atoms with Crippen LogP contribution in [-0.4, -0.2) is 80.0 Å². The van der Waals surface area contributed by atoms with E-state index in [4.69, 9.17) is 37.9 Å². The van der Waals surface area contributed by atoms with Crippen LogP contribution < -0.4 is 0 Å². The number of hydrogen-bond acceptors (Lipinski definition) is 11. The van der Waals surface area contributed by atoms with Gasteiger partial charge < -0.3 is 37.9 Å². The van der Waals surface area contributed by atoms with Gasteiger partial charge in [-0.3, -0.25) is 9.59 Å². The fourth-order valence-electron chi connectivity index (χ4n) is 5.15. The summed E-state index contributed by atoms with van der Waals surface area (Å²) in [5.41, 5.74) is 0.201. The highest BCUT2D eigenvalue weighted by Gasteiger charge is 2.65. The standard InChI is InChI=1S/C22H28O11/c1-10(2)17(23)30-20-16-15(32-22(4,33-16)12-6-8-27-19(12)25)14(29-20)13-9-28-21(3,31-13)11-5-7-26-18(11)24/h11-16,20H,1,5-9H2,2-4H3/t11?,12?,13?,14-,15+,16+,20?,21?,22?/m1/s1. The average molecular weight is 468 g/mol. The Kier molecular flexibility index (Phi) is 5.52. The van der Waals surface area contributed by atoms with Gasteiger partial charge in [0.05, 0.1) is 19.8 Å². The van der Waals surface area contributed by atoms with Crippen LogP contribution in [0.1, 0.15) is 33.6 Å². The Morgan fingerprint density at radius 3 is 2.12 bits per heavy atom. The van der Waals surface area contributed by atoms with Crippen molar-refractivity contribution in [2.24, 2.45) is 11.8 Å². The van der Waals surface area contributed by atoms with E-state index in [-0.39, 0.29) is 24.8 Å². The summed E-state index contributed by atoms with van der Waals surface area (Å²) in [6.45, 7) is 9.21. The Morgan fingerprint density at radius 1 is 0.939 bits per heavy atom. The maximum absolute atomic E-state index is 12.2. The molecule has 5 fully saturated rings. The third-order valence-corrected chi connectivity index (χ3v) is 6.94. The van der Waals surface area contributed by atoms with E-state index in [9.17, 15) is 14.4 Å². The normalized spacial score (nSPS) is 46.8. The van der Waals surface area contributed by atoms with Crippen LogP contribution >= 0.6 is 0 Å². The van der Waals surface area contributed by atoms with Crippen molar-refractivity contribution >= 4 is 17.9 Å². The predicted octanol–water partition coefficient (Wildman–Crippen LogP) is 0.589. The Hall–Kier alpha value is -2.05. The SMILES string of the molecule is C=C(C)C(=O)OC1O[C@H](C2COC(C)(C3CCOC3=O)O2)[C@@H]2OC(C)(C3CCOC3=O)O[C@H]12. The number of ether oxygens (including phenoxy) is 8. The van der Waals surface area contributed by atoms with Gasteiger partial charge in [0.15, 0.2) is 17.7 Å². The highest BCUT2D eigenvalue weighted by atomic mass is 16.8. The van der Waals surface area contributed by atoms with E-state index in [1.165, 1.54) is 6.92 Å². The minimum atomic E-state index is -1.28. The number of carbonyl (C=O) groups is 3. The fraction of sp³-hybridized carbons (Fsp3) is 0.773. The molecule has 0 N–H and O–H groups in total. The molecule has 0 aromatic rings. The minimum Gasteiger partial charge on any atom is -0.465 e. The molecule has 0 aromatic heterocycles. The van der Waals surface area contributed by atoms with Crippen molar-refractivity contribution in [2.45, 2.75) is 75.9 Å². The van der Waals surface area contributed by atoms with Gasteiger partial charge in [-0.05, 0) is 20.8 Å². The number of carbonyl (C=O) groups excluding carboxylic acids is 3.